The Hall–Kier alpha value is -1.81. The summed E-state index contributed by atoms with van der Waals surface area (Å²) in [6.45, 7) is 3.66. The van der Waals surface area contributed by atoms with Crippen LogP contribution >= 0.6 is 11.6 Å². The smallest absolute Gasteiger partial charge is 0.232 e. The summed E-state index contributed by atoms with van der Waals surface area (Å²) in [5, 5.41) is 3.43. The molecule has 4 nitrogen and oxygen atoms in total. The van der Waals surface area contributed by atoms with Crippen LogP contribution in [0.2, 0.25) is 5.02 Å². The van der Waals surface area contributed by atoms with Crippen LogP contribution in [-0.4, -0.2) is 10.9 Å². The van der Waals surface area contributed by atoms with E-state index in [1.165, 1.54) is 6.39 Å². The zero-order valence-corrected chi connectivity index (χ0v) is 10.9. The number of nitrogens with zero attached hydrogens (tertiary/aromatic N) is 1. The molecular formula is C13H13ClN2O2. The van der Waals surface area contributed by atoms with E-state index < -0.39 is 0 Å². The molecule has 2 aromatic rings. The van der Waals surface area contributed by atoms with Crippen molar-refractivity contribution in [3.8, 4) is 0 Å². The molecule has 0 aliphatic carbocycles. The van der Waals surface area contributed by atoms with Gasteiger partial charge in [0.05, 0.1) is 12.1 Å². The Labute approximate surface area is 110 Å². The van der Waals surface area contributed by atoms with Crippen molar-refractivity contribution in [2.24, 2.45) is 0 Å². The normalized spacial score (nSPS) is 10.4. The molecule has 1 aromatic carbocycles. The van der Waals surface area contributed by atoms with E-state index in [0.29, 0.717) is 16.5 Å². The first kappa shape index (κ1) is 12.6. The Morgan fingerprint density at radius 2 is 2.22 bits per heavy atom. The Kier molecular flexibility index (Phi) is 3.67. The molecule has 0 bridgehead atoms. The van der Waals surface area contributed by atoms with Crippen molar-refractivity contribution >= 4 is 23.2 Å². The minimum Gasteiger partial charge on any atom is -0.448 e. The first-order valence-corrected chi connectivity index (χ1v) is 5.89. The van der Waals surface area contributed by atoms with Gasteiger partial charge in [0.1, 0.15) is 5.76 Å². The van der Waals surface area contributed by atoms with Crippen LogP contribution in [0.4, 0.5) is 5.69 Å². The van der Waals surface area contributed by atoms with Crippen LogP contribution in [0.3, 0.4) is 0 Å². The number of rotatable bonds is 3. The third-order valence-corrected chi connectivity index (χ3v) is 3.12. The van der Waals surface area contributed by atoms with Crippen LogP contribution in [0.1, 0.15) is 17.0 Å². The first-order valence-electron chi connectivity index (χ1n) is 5.52. The van der Waals surface area contributed by atoms with Gasteiger partial charge in [-0.2, -0.15) is 0 Å². The SMILES string of the molecule is Cc1ncoc1CC(=O)Nc1cccc(Cl)c1C. The molecule has 0 saturated heterocycles. The predicted octanol–water partition coefficient (Wildman–Crippen LogP) is 3.13. The van der Waals surface area contributed by atoms with Gasteiger partial charge in [-0.1, -0.05) is 17.7 Å². The molecule has 0 aliphatic rings. The molecule has 1 aromatic heterocycles. The number of halogens is 1. The average molecular weight is 265 g/mol. The Morgan fingerprint density at radius 1 is 1.44 bits per heavy atom. The number of oxazole rings is 1. The lowest BCUT2D eigenvalue weighted by Gasteiger charge is -2.08. The van der Waals surface area contributed by atoms with E-state index in [1.54, 1.807) is 19.1 Å². The molecule has 94 valence electrons. The minimum atomic E-state index is -0.153. The van der Waals surface area contributed by atoms with Crippen LogP contribution < -0.4 is 5.32 Å². The molecule has 1 amide bonds. The zero-order valence-electron chi connectivity index (χ0n) is 10.2. The fourth-order valence-corrected chi connectivity index (χ4v) is 1.75. The summed E-state index contributed by atoms with van der Waals surface area (Å²) < 4.78 is 5.13. The molecule has 0 aliphatic heterocycles. The lowest BCUT2D eigenvalue weighted by Crippen LogP contribution is -2.15. The van der Waals surface area contributed by atoms with E-state index in [2.05, 4.69) is 10.3 Å². The minimum absolute atomic E-state index is 0.153. The van der Waals surface area contributed by atoms with Crippen LogP contribution in [0.25, 0.3) is 0 Å². The van der Waals surface area contributed by atoms with Gasteiger partial charge in [0, 0.05) is 10.7 Å². The van der Waals surface area contributed by atoms with E-state index in [9.17, 15) is 4.79 Å². The highest BCUT2D eigenvalue weighted by atomic mass is 35.5. The molecule has 0 spiro atoms. The lowest BCUT2D eigenvalue weighted by molar-refractivity contribution is -0.115. The van der Waals surface area contributed by atoms with Crippen LogP contribution in [0.5, 0.6) is 0 Å². The summed E-state index contributed by atoms with van der Waals surface area (Å²) in [5.41, 5.74) is 2.29. The van der Waals surface area contributed by atoms with Crippen molar-refractivity contribution < 1.29 is 9.21 Å². The van der Waals surface area contributed by atoms with Crippen LogP contribution in [0.15, 0.2) is 29.0 Å². The lowest BCUT2D eigenvalue weighted by atomic mass is 10.2. The van der Waals surface area contributed by atoms with Gasteiger partial charge in [0.15, 0.2) is 6.39 Å². The number of anilines is 1. The van der Waals surface area contributed by atoms with Gasteiger partial charge in [-0.3, -0.25) is 4.79 Å². The summed E-state index contributed by atoms with van der Waals surface area (Å²) in [7, 11) is 0. The fraction of sp³-hybridized carbons (Fsp3) is 0.231. The van der Waals surface area contributed by atoms with Crippen molar-refractivity contribution in [2.75, 3.05) is 5.32 Å². The first-order chi connectivity index (χ1) is 8.58. The number of carbonyl (C=O) groups is 1. The van der Waals surface area contributed by atoms with E-state index in [-0.39, 0.29) is 12.3 Å². The molecule has 0 unspecified atom stereocenters. The maximum atomic E-state index is 11.9. The quantitative estimate of drug-likeness (QED) is 0.927. The Morgan fingerprint density at radius 3 is 2.89 bits per heavy atom. The number of benzene rings is 1. The maximum Gasteiger partial charge on any atom is 0.232 e. The number of aryl methyl sites for hydroxylation is 1. The third kappa shape index (κ3) is 2.71. The van der Waals surface area contributed by atoms with Gasteiger partial charge >= 0.3 is 0 Å². The highest BCUT2D eigenvalue weighted by Crippen LogP contribution is 2.23. The Balaban J connectivity index is 2.08. The molecular weight excluding hydrogens is 252 g/mol. The molecule has 18 heavy (non-hydrogen) atoms. The molecule has 1 N–H and O–H groups in total. The molecule has 0 radical (unpaired) electrons. The number of amides is 1. The fourth-order valence-electron chi connectivity index (χ4n) is 1.58. The summed E-state index contributed by atoms with van der Waals surface area (Å²) >= 11 is 5.99. The standard InChI is InChI=1S/C13H13ClN2O2/c1-8-10(14)4-3-5-11(8)16-13(17)6-12-9(2)15-7-18-12/h3-5,7H,6H2,1-2H3,(H,16,17). The van der Waals surface area contributed by atoms with Gasteiger partial charge in [-0.25, -0.2) is 4.98 Å². The Bertz CT molecular complexity index is 578. The van der Waals surface area contributed by atoms with Gasteiger partial charge in [-0.15, -0.1) is 0 Å². The van der Waals surface area contributed by atoms with E-state index in [0.717, 1.165) is 11.3 Å². The zero-order chi connectivity index (χ0) is 13.1. The van der Waals surface area contributed by atoms with Gasteiger partial charge in [0.25, 0.3) is 0 Å². The largest absolute Gasteiger partial charge is 0.448 e. The number of carbonyl (C=O) groups excluding carboxylic acids is 1. The highest BCUT2D eigenvalue weighted by molar-refractivity contribution is 6.31. The third-order valence-electron chi connectivity index (χ3n) is 2.71. The molecule has 1 heterocycles. The van der Waals surface area contributed by atoms with Gasteiger partial charge < -0.3 is 9.73 Å². The summed E-state index contributed by atoms with van der Waals surface area (Å²) in [4.78, 5) is 15.8. The van der Waals surface area contributed by atoms with E-state index in [1.807, 2.05) is 13.0 Å². The predicted molar refractivity (Wildman–Crippen MR) is 69.8 cm³/mol. The van der Waals surface area contributed by atoms with Crippen LogP contribution in [0, 0.1) is 13.8 Å². The van der Waals surface area contributed by atoms with Crippen molar-refractivity contribution in [3.05, 3.63) is 46.6 Å². The highest BCUT2D eigenvalue weighted by Gasteiger charge is 2.11. The number of hydrogen-bond donors (Lipinski definition) is 1. The monoisotopic (exact) mass is 264 g/mol. The maximum absolute atomic E-state index is 11.9. The average Bonchev–Trinajstić information content (AvgIpc) is 2.71. The van der Waals surface area contributed by atoms with Crippen LogP contribution in [-0.2, 0) is 11.2 Å². The van der Waals surface area contributed by atoms with Gasteiger partial charge in [-0.05, 0) is 31.5 Å². The second-order valence-corrected chi connectivity index (χ2v) is 4.41. The number of aromatic nitrogens is 1. The molecule has 2 rings (SSSR count). The van der Waals surface area contributed by atoms with E-state index >= 15 is 0 Å². The van der Waals surface area contributed by atoms with Crippen molar-refractivity contribution in [1.29, 1.82) is 0 Å². The second kappa shape index (κ2) is 5.23. The summed E-state index contributed by atoms with van der Waals surface area (Å²) in [6, 6.07) is 5.39. The van der Waals surface area contributed by atoms with Crippen molar-refractivity contribution in [1.82, 2.24) is 4.98 Å². The molecule has 0 atom stereocenters. The van der Waals surface area contributed by atoms with Gasteiger partial charge in [0.2, 0.25) is 5.91 Å². The topological polar surface area (TPSA) is 55.1 Å². The molecule has 0 fully saturated rings. The molecule has 0 saturated carbocycles. The van der Waals surface area contributed by atoms with E-state index in [4.69, 9.17) is 16.0 Å². The van der Waals surface area contributed by atoms with Crippen molar-refractivity contribution in [2.45, 2.75) is 20.3 Å². The number of nitrogens with one attached hydrogen (secondary N) is 1. The second-order valence-electron chi connectivity index (χ2n) is 4.00. The number of hydrogen-bond acceptors (Lipinski definition) is 3. The molecule has 5 heteroatoms. The summed E-state index contributed by atoms with van der Waals surface area (Å²) in [5.74, 6) is 0.424. The van der Waals surface area contributed by atoms with Crippen molar-refractivity contribution in [3.63, 3.8) is 0 Å². The summed E-state index contributed by atoms with van der Waals surface area (Å²) in [6.07, 6.45) is 1.50.